The number of nitrogens with zero attached hydrogens (tertiary/aromatic N) is 3. The van der Waals surface area contributed by atoms with E-state index in [0.29, 0.717) is 27.9 Å². The first-order chi connectivity index (χ1) is 14.8. The second kappa shape index (κ2) is 10.1. The molecule has 0 aliphatic carbocycles. The Balaban J connectivity index is 2.26. The van der Waals surface area contributed by atoms with Gasteiger partial charge >= 0.3 is 0 Å². The van der Waals surface area contributed by atoms with Crippen LogP contribution in [0, 0.1) is 13.8 Å². The Kier molecular flexibility index (Phi) is 7.51. The summed E-state index contributed by atoms with van der Waals surface area (Å²) in [7, 11) is 0. The van der Waals surface area contributed by atoms with Crippen LogP contribution in [-0.2, 0) is 0 Å². The van der Waals surface area contributed by atoms with Crippen molar-refractivity contribution in [2.24, 2.45) is 0 Å². The van der Waals surface area contributed by atoms with Crippen LogP contribution in [0.4, 0.5) is 5.82 Å². The number of hydrogen-bond donors (Lipinski definition) is 2. The number of anilines is 1. The zero-order valence-corrected chi connectivity index (χ0v) is 20.3. The number of aryl methyl sites for hydroxylation is 1. The van der Waals surface area contributed by atoms with Gasteiger partial charge in [0.2, 0.25) is 0 Å². The van der Waals surface area contributed by atoms with Gasteiger partial charge in [0.05, 0.1) is 11.2 Å². The van der Waals surface area contributed by atoms with Gasteiger partial charge in [-0.15, -0.1) is 0 Å². The summed E-state index contributed by atoms with van der Waals surface area (Å²) in [6.45, 7) is 8.48. The number of hydrogen-bond acceptors (Lipinski definition) is 5. The predicted molar refractivity (Wildman–Crippen MR) is 129 cm³/mol. The molecule has 162 valence electrons. The minimum Gasteiger partial charge on any atom is -0.493 e. The maximum Gasteiger partial charge on any atom is 0.131 e. The molecule has 3 aromatic rings. The topological polar surface area (TPSA) is 89.7 Å². The third-order valence-electron chi connectivity index (χ3n) is 4.90. The van der Waals surface area contributed by atoms with Gasteiger partial charge in [-0.1, -0.05) is 24.6 Å². The lowest BCUT2D eigenvalue weighted by Gasteiger charge is -2.22. The highest BCUT2D eigenvalue weighted by Crippen LogP contribution is 2.43. The number of nitrogens with one attached hydrogen (secondary N) is 1. The van der Waals surface area contributed by atoms with Crippen LogP contribution in [0.15, 0.2) is 47.5 Å². The molecule has 31 heavy (non-hydrogen) atoms. The molecule has 0 fully saturated rings. The molecule has 0 saturated heterocycles. The van der Waals surface area contributed by atoms with E-state index in [2.05, 4.69) is 35.9 Å². The smallest absolute Gasteiger partial charge is 0.131 e. The van der Waals surface area contributed by atoms with Crippen LogP contribution in [0.1, 0.15) is 42.4 Å². The van der Waals surface area contributed by atoms with Crippen molar-refractivity contribution in [1.82, 2.24) is 19.9 Å². The summed E-state index contributed by atoms with van der Waals surface area (Å²) in [4.78, 5) is 16.4. The number of nitrogen functional groups attached to an aromatic ring is 1. The lowest BCUT2D eigenvalue weighted by Crippen LogP contribution is -2.07. The second-order valence-corrected chi connectivity index (χ2v) is 8.36. The normalized spacial score (nSPS) is 11.7. The number of nitrogens with two attached hydrogens (primary N) is 1. The number of ether oxygens (including phenoxy) is 1. The van der Waals surface area contributed by atoms with Crippen molar-refractivity contribution < 1.29 is 4.74 Å². The molecule has 0 amide bonds. The fourth-order valence-corrected chi connectivity index (χ4v) is 3.94. The Morgan fingerprint density at radius 1 is 1.16 bits per heavy atom. The second-order valence-electron chi connectivity index (χ2n) is 7.10. The van der Waals surface area contributed by atoms with Gasteiger partial charge in [-0.25, -0.2) is 9.97 Å². The van der Waals surface area contributed by atoms with Crippen molar-refractivity contribution in [3.8, 4) is 16.9 Å². The number of H-pyrrole nitrogens is 1. The van der Waals surface area contributed by atoms with E-state index < -0.39 is 0 Å². The van der Waals surface area contributed by atoms with Crippen molar-refractivity contribution in [1.29, 1.82) is 0 Å². The quantitative estimate of drug-likeness (QED) is 0.436. The average Bonchev–Trinajstić information content (AvgIpc) is 2.81. The Hall–Kier alpha value is -2.64. The van der Waals surface area contributed by atoms with Crippen LogP contribution < -0.4 is 10.5 Å². The van der Waals surface area contributed by atoms with Crippen molar-refractivity contribution >= 4 is 33.3 Å². The minimum absolute atomic E-state index is 0.165. The molecule has 0 bridgehead atoms. The van der Waals surface area contributed by atoms with E-state index in [4.69, 9.17) is 22.1 Å². The summed E-state index contributed by atoms with van der Waals surface area (Å²) in [5.41, 5.74) is 10.5. The maximum absolute atomic E-state index is 6.68. The fourth-order valence-electron chi connectivity index (χ4n) is 3.29. The largest absolute Gasteiger partial charge is 0.493 e. The highest BCUT2D eigenvalue weighted by molar-refractivity contribution is 9.10. The van der Waals surface area contributed by atoms with Crippen molar-refractivity contribution in [3.05, 3.63) is 75.1 Å². The highest BCUT2D eigenvalue weighted by atomic mass is 79.9. The van der Waals surface area contributed by atoms with E-state index in [1.807, 2.05) is 52.1 Å². The first-order valence-corrected chi connectivity index (χ1v) is 11.1. The van der Waals surface area contributed by atoms with Gasteiger partial charge < -0.3 is 15.5 Å². The Bertz CT molecular complexity index is 1130. The predicted octanol–water partition coefficient (Wildman–Crippen LogP) is 6.16. The van der Waals surface area contributed by atoms with Crippen LogP contribution in [-0.4, -0.2) is 26.5 Å². The molecule has 0 spiro atoms. The monoisotopic (exact) mass is 501 g/mol. The van der Waals surface area contributed by atoms with Gasteiger partial charge in [0.15, 0.2) is 0 Å². The molecule has 3 N–H and O–H groups in total. The van der Waals surface area contributed by atoms with Gasteiger partial charge in [0, 0.05) is 58.0 Å². The van der Waals surface area contributed by atoms with Crippen LogP contribution in [0.2, 0.25) is 5.02 Å². The first-order valence-electron chi connectivity index (χ1n) is 9.90. The third-order valence-corrected chi connectivity index (χ3v) is 5.72. The van der Waals surface area contributed by atoms with E-state index in [-0.39, 0.29) is 5.92 Å². The molecular formula is C23H25BrClN5O. The van der Waals surface area contributed by atoms with E-state index >= 15 is 0 Å². The fraction of sp³-hybridized carbons (Fsp3) is 0.261. The SMILES string of the molecule is CCOc1c(C(C)c2nccnc(N)cc(Br)[nH]2)cc(Cl)c(C)c1-c1ccc(C)nc1. The first kappa shape index (κ1) is 23.0. The van der Waals surface area contributed by atoms with Gasteiger partial charge in [-0.2, -0.15) is 0 Å². The zero-order valence-electron chi connectivity index (χ0n) is 17.9. The molecule has 8 heteroatoms. The van der Waals surface area contributed by atoms with E-state index in [1.165, 1.54) is 0 Å². The standard InChI is InChI=1S/C23H25BrClN5O/c1-5-31-22-17(14(3)23-28-9-8-27-20(26)11-19(24)30-23)10-18(25)15(4)21(22)16-7-6-13(2)29-12-16/h6-12,14H,5H2,1-4H3,(H2,26,27)(H,28,30). The average molecular weight is 503 g/mol. The lowest BCUT2D eigenvalue weighted by molar-refractivity contribution is 0.336. The number of pyridine rings is 1. The van der Waals surface area contributed by atoms with Gasteiger partial charge in [0.25, 0.3) is 0 Å². The Morgan fingerprint density at radius 2 is 1.90 bits per heavy atom. The Labute approximate surface area is 195 Å². The molecule has 1 unspecified atom stereocenters. The summed E-state index contributed by atoms with van der Waals surface area (Å²) in [6.07, 6.45) is 5.01. The number of aromatic nitrogens is 4. The van der Waals surface area contributed by atoms with E-state index in [9.17, 15) is 0 Å². The summed E-state index contributed by atoms with van der Waals surface area (Å²) >= 11 is 10.2. The van der Waals surface area contributed by atoms with Gasteiger partial charge in [-0.05, 0) is 54.4 Å². The van der Waals surface area contributed by atoms with E-state index in [0.717, 1.165) is 33.7 Å². The minimum atomic E-state index is -0.165. The van der Waals surface area contributed by atoms with Crippen LogP contribution in [0.25, 0.3) is 11.1 Å². The molecule has 1 aromatic carbocycles. The zero-order chi connectivity index (χ0) is 22.5. The number of aromatic amines is 1. The molecule has 6 nitrogen and oxygen atoms in total. The molecule has 3 rings (SSSR count). The molecule has 0 aliphatic rings. The lowest BCUT2D eigenvalue weighted by atomic mass is 9.91. The summed E-state index contributed by atoms with van der Waals surface area (Å²) < 4.78 is 6.82. The summed E-state index contributed by atoms with van der Waals surface area (Å²) in [5, 5.41) is 0.655. The van der Waals surface area contributed by atoms with Crippen molar-refractivity contribution in [3.63, 3.8) is 0 Å². The molecule has 2 aromatic heterocycles. The molecular weight excluding hydrogens is 478 g/mol. The molecule has 0 radical (unpaired) electrons. The molecule has 0 aliphatic heterocycles. The number of rotatable bonds is 5. The van der Waals surface area contributed by atoms with Crippen molar-refractivity contribution in [2.75, 3.05) is 12.3 Å². The summed E-state index contributed by atoms with van der Waals surface area (Å²) in [6, 6.07) is 7.65. The maximum atomic E-state index is 6.68. The van der Waals surface area contributed by atoms with Crippen LogP contribution >= 0.6 is 27.5 Å². The molecule has 1 atom stereocenters. The van der Waals surface area contributed by atoms with Crippen LogP contribution in [0.5, 0.6) is 5.75 Å². The highest BCUT2D eigenvalue weighted by Gasteiger charge is 2.23. The van der Waals surface area contributed by atoms with E-state index in [1.54, 1.807) is 18.5 Å². The molecule has 2 heterocycles. The van der Waals surface area contributed by atoms with Gasteiger partial charge in [-0.3, -0.25) is 4.98 Å². The molecule has 0 saturated carbocycles. The van der Waals surface area contributed by atoms with Crippen molar-refractivity contribution in [2.45, 2.75) is 33.6 Å². The summed E-state index contributed by atoms with van der Waals surface area (Å²) in [5.74, 6) is 1.66. The Morgan fingerprint density at radius 3 is 2.58 bits per heavy atom. The number of benzene rings is 1. The third kappa shape index (κ3) is 5.35. The number of halogens is 2. The van der Waals surface area contributed by atoms with Crippen LogP contribution in [0.3, 0.4) is 0 Å². The van der Waals surface area contributed by atoms with Gasteiger partial charge in [0.1, 0.15) is 17.4 Å².